The molecule has 0 aliphatic heterocycles. The second-order valence-corrected chi connectivity index (χ2v) is 5.27. The van der Waals surface area contributed by atoms with Gasteiger partial charge in [0, 0.05) is 15.6 Å². The van der Waals surface area contributed by atoms with Crippen LogP contribution in [0.25, 0.3) is 0 Å². The van der Waals surface area contributed by atoms with Crippen molar-refractivity contribution in [3.05, 3.63) is 88.9 Å². The molecule has 116 valence electrons. The monoisotopic (exact) mass is 334 g/mol. The molecule has 0 aliphatic carbocycles. The van der Waals surface area contributed by atoms with E-state index in [0.717, 1.165) is 17.7 Å². The van der Waals surface area contributed by atoms with E-state index in [1.165, 1.54) is 5.56 Å². The molecule has 2 rings (SSSR count). The number of hydrogen-bond donors (Lipinski definition) is 0. The normalized spacial score (nSPS) is 9.41. The highest BCUT2D eigenvalue weighted by atomic mass is 35.5. The van der Waals surface area contributed by atoms with Crippen molar-refractivity contribution in [3.63, 3.8) is 0 Å². The van der Waals surface area contributed by atoms with Crippen LogP contribution in [0.5, 0.6) is 5.75 Å². The quantitative estimate of drug-likeness (QED) is 0.567. The molecule has 0 atom stereocenters. The zero-order valence-electron chi connectivity index (χ0n) is 12.7. The van der Waals surface area contributed by atoms with E-state index in [1.807, 2.05) is 30.3 Å². The smallest absolute Gasteiger partial charge is 0.119 e. The fraction of sp³-hybridized carbons (Fsp3) is 0.158. The maximum absolute atomic E-state index is 6.08. The SMILES string of the molecule is C=CC=C.CCc1ccc(OCc2c(Cl)cccc2Cl)cc1. The Labute approximate surface area is 142 Å². The van der Waals surface area contributed by atoms with Gasteiger partial charge in [0.25, 0.3) is 0 Å². The summed E-state index contributed by atoms with van der Waals surface area (Å²) in [4.78, 5) is 0. The topological polar surface area (TPSA) is 9.23 Å². The van der Waals surface area contributed by atoms with Gasteiger partial charge < -0.3 is 4.74 Å². The van der Waals surface area contributed by atoms with Gasteiger partial charge in [0.2, 0.25) is 0 Å². The molecule has 3 heteroatoms. The fourth-order valence-electron chi connectivity index (χ4n) is 1.65. The summed E-state index contributed by atoms with van der Waals surface area (Å²) < 4.78 is 5.68. The summed E-state index contributed by atoms with van der Waals surface area (Å²) in [6.45, 7) is 9.23. The van der Waals surface area contributed by atoms with Crippen LogP contribution in [-0.2, 0) is 13.0 Å². The molecular weight excluding hydrogens is 315 g/mol. The van der Waals surface area contributed by atoms with E-state index in [4.69, 9.17) is 27.9 Å². The summed E-state index contributed by atoms with van der Waals surface area (Å²) >= 11 is 12.2. The zero-order valence-corrected chi connectivity index (χ0v) is 14.2. The van der Waals surface area contributed by atoms with E-state index >= 15 is 0 Å². The van der Waals surface area contributed by atoms with Crippen LogP contribution in [0.2, 0.25) is 10.0 Å². The van der Waals surface area contributed by atoms with Crippen molar-refractivity contribution in [2.45, 2.75) is 20.0 Å². The van der Waals surface area contributed by atoms with Crippen LogP contribution in [0.15, 0.2) is 67.8 Å². The molecule has 0 N–H and O–H groups in total. The summed E-state index contributed by atoms with van der Waals surface area (Å²) in [6.07, 6.45) is 4.30. The number of aryl methyl sites for hydroxylation is 1. The van der Waals surface area contributed by atoms with Gasteiger partial charge in [0.15, 0.2) is 0 Å². The molecule has 22 heavy (non-hydrogen) atoms. The van der Waals surface area contributed by atoms with Gasteiger partial charge in [0.05, 0.1) is 0 Å². The van der Waals surface area contributed by atoms with Crippen LogP contribution in [0.4, 0.5) is 0 Å². The van der Waals surface area contributed by atoms with E-state index in [0.29, 0.717) is 16.7 Å². The van der Waals surface area contributed by atoms with Gasteiger partial charge in [-0.25, -0.2) is 0 Å². The molecule has 0 amide bonds. The number of ether oxygens (including phenoxy) is 1. The maximum Gasteiger partial charge on any atom is 0.119 e. The molecule has 2 aromatic rings. The van der Waals surface area contributed by atoms with Crippen LogP contribution >= 0.6 is 23.2 Å². The van der Waals surface area contributed by atoms with Crippen molar-refractivity contribution in [2.24, 2.45) is 0 Å². The number of benzene rings is 2. The van der Waals surface area contributed by atoms with Crippen molar-refractivity contribution in [1.29, 1.82) is 0 Å². The second-order valence-electron chi connectivity index (χ2n) is 4.46. The lowest BCUT2D eigenvalue weighted by Crippen LogP contribution is -1.97. The van der Waals surface area contributed by atoms with Gasteiger partial charge in [-0.3, -0.25) is 0 Å². The Bertz CT molecular complexity index is 577. The predicted molar refractivity (Wildman–Crippen MR) is 97.0 cm³/mol. The minimum atomic E-state index is 0.379. The summed E-state index contributed by atoms with van der Waals surface area (Å²) in [5.74, 6) is 0.822. The number of allylic oxidation sites excluding steroid dienone is 2. The molecule has 0 aromatic heterocycles. The van der Waals surface area contributed by atoms with E-state index in [-0.39, 0.29) is 0 Å². The molecule has 0 fully saturated rings. The van der Waals surface area contributed by atoms with Gasteiger partial charge >= 0.3 is 0 Å². The first-order valence-electron chi connectivity index (χ1n) is 7.00. The van der Waals surface area contributed by atoms with E-state index in [2.05, 4.69) is 32.2 Å². The second kappa shape index (κ2) is 10.1. The largest absolute Gasteiger partial charge is 0.489 e. The standard InChI is InChI=1S/C15H14Cl2O.C4H6/c1-2-11-6-8-12(9-7-11)18-10-13-14(16)4-3-5-15(13)17;1-3-4-2/h3-9H,2,10H2,1H3;3-4H,1-2H2. The first kappa shape index (κ1) is 18.3. The Balaban J connectivity index is 0.000000541. The molecule has 0 saturated heterocycles. The summed E-state index contributed by atoms with van der Waals surface area (Å²) in [7, 11) is 0. The molecule has 0 bridgehead atoms. The molecule has 0 radical (unpaired) electrons. The minimum Gasteiger partial charge on any atom is -0.489 e. The third-order valence-corrected chi connectivity index (χ3v) is 3.65. The van der Waals surface area contributed by atoms with Crippen LogP contribution in [0, 0.1) is 0 Å². The first-order valence-corrected chi connectivity index (χ1v) is 7.76. The Kier molecular flexibility index (Phi) is 8.42. The molecule has 0 spiro atoms. The van der Waals surface area contributed by atoms with Crippen LogP contribution in [0.1, 0.15) is 18.1 Å². The Morgan fingerprint density at radius 2 is 1.50 bits per heavy atom. The molecular formula is C19H20Cl2O. The van der Waals surface area contributed by atoms with Crippen molar-refractivity contribution in [3.8, 4) is 5.75 Å². The third-order valence-electron chi connectivity index (χ3n) is 2.94. The van der Waals surface area contributed by atoms with Gasteiger partial charge in [-0.1, -0.05) is 73.6 Å². The summed E-state index contributed by atoms with van der Waals surface area (Å²) in [5.41, 5.74) is 2.11. The molecule has 0 aliphatic rings. The first-order chi connectivity index (χ1) is 10.6. The Hall–Kier alpha value is -1.70. The third kappa shape index (κ3) is 5.97. The molecule has 1 nitrogen and oxygen atoms in total. The highest BCUT2D eigenvalue weighted by Crippen LogP contribution is 2.25. The van der Waals surface area contributed by atoms with E-state index in [9.17, 15) is 0 Å². The van der Waals surface area contributed by atoms with Crippen molar-refractivity contribution >= 4 is 23.2 Å². The predicted octanol–water partition coefficient (Wildman–Crippen LogP) is 6.49. The summed E-state index contributed by atoms with van der Waals surface area (Å²) in [6, 6.07) is 13.5. The number of halogens is 2. The lowest BCUT2D eigenvalue weighted by Gasteiger charge is -2.09. The average molecular weight is 335 g/mol. The van der Waals surface area contributed by atoms with Gasteiger partial charge in [0.1, 0.15) is 12.4 Å². The van der Waals surface area contributed by atoms with E-state index < -0.39 is 0 Å². The minimum absolute atomic E-state index is 0.379. The molecule has 0 heterocycles. The van der Waals surface area contributed by atoms with Crippen LogP contribution < -0.4 is 4.74 Å². The molecule has 0 saturated carbocycles. The summed E-state index contributed by atoms with van der Waals surface area (Å²) in [5, 5.41) is 1.26. The molecule has 0 unspecified atom stereocenters. The van der Waals surface area contributed by atoms with Crippen molar-refractivity contribution in [1.82, 2.24) is 0 Å². The van der Waals surface area contributed by atoms with Gasteiger partial charge in [-0.2, -0.15) is 0 Å². The number of rotatable bonds is 5. The van der Waals surface area contributed by atoms with Gasteiger partial charge in [-0.05, 0) is 36.2 Å². The van der Waals surface area contributed by atoms with Gasteiger partial charge in [-0.15, -0.1) is 0 Å². The van der Waals surface area contributed by atoms with E-state index in [1.54, 1.807) is 12.2 Å². The maximum atomic E-state index is 6.08. The van der Waals surface area contributed by atoms with Crippen LogP contribution in [-0.4, -0.2) is 0 Å². The van der Waals surface area contributed by atoms with Crippen LogP contribution in [0.3, 0.4) is 0 Å². The Morgan fingerprint density at radius 3 is 1.95 bits per heavy atom. The lowest BCUT2D eigenvalue weighted by atomic mass is 10.2. The number of hydrogen-bond acceptors (Lipinski definition) is 1. The lowest BCUT2D eigenvalue weighted by molar-refractivity contribution is 0.306. The fourth-order valence-corrected chi connectivity index (χ4v) is 2.15. The zero-order chi connectivity index (χ0) is 16.4. The highest BCUT2D eigenvalue weighted by molar-refractivity contribution is 6.35. The van der Waals surface area contributed by atoms with Crippen molar-refractivity contribution in [2.75, 3.05) is 0 Å². The average Bonchev–Trinajstić information content (AvgIpc) is 2.55. The Morgan fingerprint density at radius 1 is 0.955 bits per heavy atom. The van der Waals surface area contributed by atoms with Crippen molar-refractivity contribution < 1.29 is 4.74 Å². The molecule has 2 aromatic carbocycles. The highest BCUT2D eigenvalue weighted by Gasteiger charge is 2.06.